The molecule has 1 aromatic heterocycles. The summed E-state index contributed by atoms with van der Waals surface area (Å²) in [7, 11) is 0. The van der Waals surface area contributed by atoms with E-state index in [1.165, 1.54) is 0 Å². The molecule has 0 spiro atoms. The first-order chi connectivity index (χ1) is 11.1. The third kappa shape index (κ3) is 2.25. The van der Waals surface area contributed by atoms with Gasteiger partial charge in [-0.05, 0) is 55.5 Å². The molecular weight excluding hydrogens is 312 g/mol. The molecule has 0 unspecified atom stereocenters. The minimum atomic E-state index is -0.148. The van der Waals surface area contributed by atoms with Crippen LogP contribution in [-0.2, 0) is 0 Å². The molecule has 0 saturated heterocycles. The molecule has 0 saturated carbocycles. The highest BCUT2D eigenvalue weighted by molar-refractivity contribution is 6.30. The lowest BCUT2D eigenvalue weighted by atomic mass is 10.0. The van der Waals surface area contributed by atoms with Crippen molar-refractivity contribution in [3.05, 3.63) is 69.9 Å². The number of aryl methyl sites for hydroxylation is 1. The topological polar surface area (TPSA) is 39.4 Å². The Balaban J connectivity index is 1.88. The summed E-state index contributed by atoms with van der Waals surface area (Å²) in [4.78, 5) is 12.7. The van der Waals surface area contributed by atoms with Crippen LogP contribution >= 0.6 is 11.6 Å². The van der Waals surface area contributed by atoms with Crippen molar-refractivity contribution in [2.45, 2.75) is 6.92 Å². The van der Waals surface area contributed by atoms with E-state index in [1.807, 2.05) is 31.2 Å². The van der Waals surface area contributed by atoms with Gasteiger partial charge in [0.05, 0.1) is 5.56 Å². The minimum Gasteiger partial charge on any atom is -0.489 e. The maximum absolute atomic E-state index is 12.7. The fourth-order valence-corrected chi connectivity index (χ4v) is 2.95. The number of hydrogen-bond donors (Lipinski definition) is 0. The summed E-state index contributed by atoms with van der Waals surface area (Å²) in [6.07, 6.45) is 3.90. The quantitative estimate of drug-likeness (QED) is 0.620. The van der Waals surface area contributed by atoms with Crippen molar-refractivity contribution in [2.75, 3.05) is 6.61 Å². The molecule has 2 aromatic carbocycles. The number of ether oxygens (including phenoxy) is 1. The van der Waals surface area contributed by atoms with E-state index in [-0.39, 0.29) is 5.78 Å². The highest BCUT2D eigenvalue weighted by atomic mass is 35.5. The molecule has 0 atom stereocenters. The van der Waals surface area contributed by atoms with Gasteiger partial charge in [0.25, 0.3) is 0 Å². The van der Waals surface area contributed by atoms with Gasteiger partial charge in [-0.1, -0.05) is 11.6 Å². The summed E-state index contributed by atoms with van der Waals surface area (Å²) in [5.41, 5.74) is 2.96. The molecular formula is C19H13ClO3. The summed E-state index contributed by atoms with van der Waals surface area (Å²) in [5.74, 6) is 0.985. The van der Waals surface area contributed by atoms with Gasteiger partial charge in [0.1, 0.15) is 17.9 Å². The first-order valence-electron chi connectivity index (χ1n) is 7.31. The zero-order chi connectivity index (χ0) is 16.0. The van der Waals surface area contributed by atoms with Crippen LogP contribution in [0.25, 0.3) is 17.0 Å². The van der Waals surface area contributed by atoms with Gasteiger partial charge in [0, 0.05) is 21.5 Å². The van der Waals surface area contributed by atoms with Crippen LogP contribution in [0.4, 0.5) is 0 Å². The molecule has 0 fully saturated rings. The Morgan fingerprint density at radius 1 is 1.13 bits per heavy atom. The molecule has 4 rings (SSSR count). The molecule has 23 heavy (non-hydrogen) atoms. The predicted molar refractivity (Wildman–Crippen MR) is 90.4 cm³/mol. The molecule has 3 aromatic rings. The number of hydrogen-bond acceptors (Lipinski definition) is 3. The van der Waals surface area contributed by atoms with E-state index in [4.69, 9.17) is 20.8 Å². The van der Waals surface area contributed by atoms with E-state index in [1.54, 1.807) is 24.3 Å². The van der Waals surface area contributed by atoms with Crippen molar-refractivity contribution < 1.29 is 13.9 Å². The van der Waals surface area contributed by atoms with Crippen LogP contribution in [0.2, 0.25) is 5.02 Å². The molecule has 1 aliphatic heterocycles. The van der Waals surface area contributed by atoms with Crippen LogP contribution in [0.15, 0.2) is 46.9 Å². The van der Waals surface area contributed by atoms with Crippen molar-refractivity contribution in [3.63, 3.8) is 0 Å². The lowest BCUT2D eigenvalue weighted by molar-refractivity contribution is 0.101. The number of halogens is 1. The molecule has 0 radical (unpaired) electrons. The van der Waals surface area contributed by atoms with Crippen molar-refractivity contribution in [3.8, 4) is 5.75 Å². The van der Waals surface area contributed by atoms with Crippen molar-refractivity contribution in [2.24, 2.45) is 0 Å². The van der Waals surface area contributed by atoms with Gasteiger partial charge in [0.15, 0.2) is 5.76 Å². The van der Waals surface area contributed by atoms with Gasteiger partial charge >= 0.3 is 0 Å². The van der Waals surface area contributed by atoms with E-state index in [0.717, 1.165) is 22.3 Å². The van der Waals surface area contributed by atoms with Gasteiger partial charge in [-0.2, -0.15) is 0 Å². The lowest BCUT2D eigenvalue weighted by Gasteiger charge is -2.11. The van der Waals surface area contributed by atoms with E-state index in [0.29, 0.717) is 28.5 Å². The third-order valence-corrected chi connectivity index (χ3v) is 4.29. The Morgan fingerprint density at radius 3 is 2.70 bits per heavy atom. The van der Waals surface area contributed by atoms with Crippen LogP contribution in [0.3, 0.4) is 0 Å². The smallest absolute Gasteiger partial charge is 0.228 e. The normalized spacial score (nSPS) is 13.0. The summed E-state index contributed by atoms with van der Waals surface area (Å²) in [5, 5.41) is 1.52. The van der Waals surface area contributed by atoms with Crippen molar-refractivity contribution >= 4 is 34.4 Å². The third-order valence-electron chi connectivity index (χ3n) is 4.04. The summed E-state index contributed by atoms with van der Waals surface area (Å²) in [6.45, 7) is 2.45. The predicted octanol–water partition coefficient (Wildman–Crippen LogP) is 5.03. The van der Waals surface area contributed by atoms with E-state index >= 15 is 0 Å². The fourth-order valence-electron chi connectivity index (χ4n) is 2.82. The van der Waals surface area contributed by atoms with Crippen molar-refractivity contribution in [1.82, 2.24) is 0 Å². The Kier molecular flexibility index (Phi) is 3.24. The van der Waals surface area contributed by atoms with Crippen LogP contribution in [-0.4, -0.2) is 12.4 Å². The molecule has 3 nitrogen and oxygen atoms in total. The average molecular weight is 325 g/mol. The SMILES string of the molecule is Cc1c(C(=O)c2ccc(Cl)cc2)oc2c3c(ccc12)OCC=C3. The molecule has 0 amide bonds. The lowest BCUT2D eigenvalue weighted by Crippen LogP contribution is -2.01. The Hall–Kier alpha value is -2.52. The van der Waals surface area contributed by atoms with E-state index in [9.17, 15) is 4.79 Å². The minimum absolute atomic E-state index is 0.148. The van der Waals surface area contributed by atoms with Gasteiger partial charge in [-0.3, -0.25) is 4.79 Å². The summed E-state index contributed by atoms with van der Waals surface area (Å²) in [6, 6.07) is 10.7. The number of carbonyl (C=O) groups excluding carboxylic acids is 1. The van der Waals surface area contributed by atoms with Crippen LogP contribution in [0.1, 0.15) is 27.2 Å². The fraction of sp³-hybridized carbons (Fsp3) is 0.105. The van der Waals surface area contributed by atoms with Crippen molar-refractivity contribution in [1.29, 1.82) is 0 Å². The van der Waals surface area contributed by atoms with Gasteiger partial charge in [-0.15, -0.1) is 0 Å². The van der Waals surface area contributed by atoms with Crippen LogP contribution in [0, 0.1) is 6.92 Å². The maximum atomic E-state index is 12.7. The zero-order valence-electron chi connectivity index (χ0n) is 12.4. The standard InChI is InChI=1S/C19H13ClO3/c1-11-14-8-9-16-15(3-2-10-22-16)19(14)23-18(11)17(21)12-4-6-13(20)7-5-12/h2-9H,10H2,1H3. The van der Waals surface area contributed by atoms with Gasteiger partial charge in [-0.25, -0.2) is 0 Å². The number of carbonyl (C=O) groups is 1. The molecule has 2 heterocycles. The first kappa shape index (κ1) is 14.1. The largest absolute Gasteiger partial charge is 0.489 e. The van der Waals surface area contributed by atoms with Crippen LogP contribution < -0.4 is 4.74 Å². The Morgan fingerprint density at radius 2 is 1.91 bits per heavy atom. The second kappa shape index (κ2) is 5.28. The molecule has 0 bridgehead atoms. The van der Waals surface area contributed by atoms with Crippen LogP contribution in [0.5, 0.6) is 5.75 Å². The molecule has 0 aliphatic carbocycles. The first-order valence-corrected chi connectivity index (χ1v) is 7.68. The number of rotatable bonds is 2. The molecule has 1 aliphatic rings. The van der Waals surface area contributed by atoms with Gasteiger partial charge in [0.2, 0.25) is 5.78 Å². The number of ketones is 1. The Bertz CT molecular complexity index is 949. The average Bonchev–Trinajstić information content (AvgIpc) is 2.92. The molecule has 0 N–H and O–H groups in total. The second-order valence-electron chi connectivity index (χ2n) is 5.46. The van der Waals surface area contributed by atoms with E-state index in [2.05, 4.69) is 0 Å². The highest BCUT2D eigenvalue weighted by Crippen LogP contribution is 2.36. The summed E-state index contributed by atoms with van der Waals surface area (Å²) < 4.78 is 11.5. The number of fused-ring (bicyclic) bond motifs is 3. The number of furan rings is 1. The molecule has 4 heteroatoms. The molecule has 114 valence electrons. The Labute approximate surface area is 138 Å². The number of benzene rings is 2. The summed E-state index contributed by atoms with van der Waals surface area (Å²) >= 11 is 5.88. The monoisotopic (exact) mass is 324 g/mol. The second-order valence-corrected chi connectivity index (χ2v) is 5.90. The zero-order valence-corrected chi connectivity index (χ0v) is 13.2. The maximum Gasteiger partial charge on any atom is 0.228 e. The highest BCUT2D eigenvalue weighted by Gasteiger charge is 2.22. The van der Waals surface area contributed by atoms with E-state index < -0.39 is 0 Å². The van der Waals surface area contributed by atoms with Gasteiger partial charge < -0.3 is 9.15 Å².